The van der Waals surface area contributed by atoms with Crippen molar-refractivity contribution in [1.82, 2.24) is 20.9 Å². The smallest absolute Gasteiger partial charge is 0.409 e. The lowest BCUT2D eigenvalue weighted by molar-refractivity contribution is -0.132. The van der Waals surface area contributed by atoms with Crippen molar-refractivity contribution in [2.75, 3.05) is 25.5 Å². The molecule has 0 saturated carbocycles. The Morgan fingerprint density at radius 1 is 0.833 bits per heavy atom. The Labute approximate surface area is 288 Å². The van der Waals surface area contributed by atoms with Crippen LogP contribution >= 0.6 is 0 Å². The fourth-order valence-corrected chi connectivity index (χ4v) is 4.71. The highest BCUT2D eigenvalue weighted by atomic mass is 16.6. The zero-order valence-corrected chi connectivity index (χ0v) is 30.8. The topological polar surface area (TPSA) is 172 Å². The van der Waals surface area contributed by atoms with Crippen LogP contribution in [0.4, 0.5) is 15.3 Å². The molecule has 0 unspecified atom stereocenters. The second-order valence-corrected chi connectivity index (χ2v) is 15.4. The van der Waals surface area contributed by atoms with E-state index in [2.05, 4.69) is 62.8 Å². The number of ether oxygens (including phenoxy) is 1. The van der Waals surface area contributed by atoms with Gasteiger partial charge < -0.3 is 36.6 Å². The number of rotatable bonds is 19. The van der Waals surface area contributed by atoms with E-state index >= 15 is 0 Å². The molecule has 0 aromatic heterocycles. The number of primary amides is 1. The van der Waals surface area contributed by atoms with Crippen molar-refractivity contribution in [2.45, 2.75) is 125 Å². The van der Waals surface area contributed by atoms with E-state index < -0.39 is 36.0 Å². The van der Waals surface area contributed by atoms with Crippen LogP contribution in [-0.2, 0) is 25.7 Å². The third kappa shape index (κ3) is 19.1. The van der Waals surface area contributed by atoms with Gasteiger partial charge in [0, 0.05) is 32.2 Å². The molecule has 272 valence electrons. The Kier molecular flexibility index (Phi) is 18.0. The first-order valence-electron chi connectivity index (χ1n) is 17.2. The molecule has 2 atom stereocenters. The first-order chi connectivity index (χ1) is 22.3. The summed E-state index contributed by atoms with van der Waals surface area (Å²) in [6.07, 6.45) is 5.16. The number of anilines is 1. The third-order valence-corrected chi connectivity index (χ3v) is 7.79. The van der Waals surface area contributed by atoms with E-state index in [1.165, 1.54) is 0 Å². The van der Waals surface area contributed by atoms with Gasteiger partial charge in [0.05, 0.1) is 0 Å². The molecule has 12 heteroatoms. The fraction of sp³-hybridized carbons (Fsp3) is 0.694. The monoisotopic (exact) mass is 674 g/mol. The minimum atomic E-state index is -0.938. The van der Waals surface area contributed by atoms with Crippen LogP contribution in [0.2, 0.25) is 0 Å². The lowest BCUT2D eigenvalue weighted by Gasteiger charge is -2.25. The maximum atomic E-state index is 13.4. The van der Waals surface area contributed by atoms with Crippen molar-refractivity contribution in [3.63, 3.8) is 0 Å². The first kappa shape index (κ1) is 42.2. The number of hydrogen-bond donors (Lipinski definition) is 5. The summed E-state index contributed by atoms with van der Waals surface area (Å²) in [5.41, 5.74) is 6.77. The molecule has 0 saturated heterocycles. The van der Waals surface area contributed by atoms with Crippen LogP contribution in [0.25, 0.3) is 0 Å². The standard InChI is InChI=1S/C36H62N6O6/c1-25(2)30(41-29(43)15-11-10-12-20-35(3,4)5)32(45)40-28(14-13-22-38-33(37)46)31(44)39-27-18-16-26(17-19-27)24-48-34(47)42(9)23-21-36(6,7)8/h16-19,25,28,30H,10-15,20-24H2,1-9H3,(H,39,44)(H,40,45)(H,41,43)(H3,37,38,46)/t28-,30-/m0/s1. The number of nitrogens with two attached hydrogens (primary N) is 1. The van der Waals surface area contributed by atoms with E-state index in [-0.39, 0.29) is 42.2 Å². The molecule has 0 radical (unpaired) electrons. The van der Waals surface area contributed by atoms with Gasteiger partial charge in [0.2, 0.25) is 17.7 Å². The molecule has 48 heavy (non-hydrogen) atoms. The van der Waals surface area contributed by atoms with Gasteiger partial charge in [-0.2, -0.15) is 0 Å². The number of carbonyl (C=O) groups excluding carboxylic acids is 5. The zero-order valence-electron chi connectivity index (χ0n) is 30.8. The number of nitrogens with one attached hydrogen (secondary N) is 4. The number of benzene rings is 1. The van der Waals surface area contributed by atoms with Crippen molar-refractivity contribution < 1.29 is 28.7 Å². The van der Waals surface area contributed by atoms with Crippen molar-refractivity contribution in [3.8, 4) is 0 Å². The zero-order chi connectivity index (χ0) is 36.5. The molecule has 1 aromatic carbocycles. The predicted octanol–water partition coefficient (Wildman–Crippen LogP) is 5.70. The van der Waals surface area contributed by atoms with Gasteiger partial charge >= 0.3 is 12.1 Å². The number of hydrogen-bond acceptors (Lipinski definition) is 6. The average Bonchev–Trinajstić information content (AvgIpc) is 2.98. The second-order valence-electron chi connectivity index (χ2n) is 15.4. The van der Waals surface area contributed by atoms with Gasteiger partial charge in [-0.25, -0.2) is 9.59 Å². The number of carbonyl (C=O) groups is 5. The van der Waals surface area contributed by atoms with Crippen molar-refractivity contribution >= 4 is 35.5 Å². The van der Waals surface area contributed by atoms with E-state index in [4.69, 9.17) is 10.5 Å². The summed E-state index contributed by atoms with van der Waals surface area (Å²) < 4.78 is 5.43. The van der Waals surface area contributed by atoms with Gasteiger partial charge in [-0.15, -0.1) is 0 Å². The lowest BCUT2D eigenvalue weighted by Crippen LogP contribution is -2.54. The van der Waals surface area contributed by atoms with Crippen molar-refractivity contribution in [3.05, 3.63) is 29.8 Å². The highest BCUT2D eigenvalue weighted by Crippen LogP contribution is 2.22. The van der Waals surface area contributed by atoms with Gasteiger partial charge in [0.1, 0.15) is 18.7 Å². The Morgan fingerprint density at radius 2 is 1.46 bits per heavy atom. The molecule has 0 bridgehead atoms. The summed E-state index contributed by atoms with van der Waals surface area (Å²) in [5.74, 6) is -1.32. The lowest BCUT2D eigenvalue weighted by atomic mass is 9.89. The summed E-state index contributed by atoms with van der Waals surface area (Å²) in [7, 11) is 1.71. The number of unbranched alkanes of at least 4 members (excludes halogenated alkanes) is 2. The summed E-state index contributed by atoms with van der Waals surface area (Å²) in [5, 5.41) is 11.0. The van der Waals surface area contributed by atoms with E-state index in [1.807, 2.05) is 13.8 Å². The maximum Gasteiger partial charge on any atom is 0.409 e. The van der Waals surface area contributed by atoms with Gasteiger partial charge in [-0.3, -0.25) is 14.4 Å². The van der Waals surface area contributed by atoms with E-state index in [0.717, 1.165) is 37.7 Å². The van der Waals surface area contributed by atoms with Crippen LogP contribution in [0, 0.1) is 16.7 Å². The number of amides is 6. The molecule has 0 aliphatic carbocycles. The van der Waals surface area contributed by atoms with Crippen LogP contribution in [0.1, 0.15) is 112 Å². The molecule has 6 amide bonds. The molecule has 0 fully saturated rings. The van der Waals surface area contributed by atoms with E-state index in [9.17, 15) is 24.0 Å². The third-order valence-electron chi connectivity index (χ3n) is 7.79. The fourth-order valence-electron chi connectivity index (χ4n) is 4.71. The summed E-state index contributed by atoms with van der Waals surface area (Å²) in [4.78, 5) is 64.5. The van der Waals surface area contributed by atoms with Crippen LogP contribution < -0.4 is 27.0 Å². The van der Waals surface area contributed by atoms with Gasteiger partial charge in [-0.1, -0.05) is 80.4 Å². The van der Waals surface area contributed by atoms with E-state index in [0.29, 0.717) is 25.1 Å². The van der Waals surface area contributed by atoms with Crippen LogP contribution in [-0.4, -0.2) is 67.0 Å². The van der Waals surface area contributed by atoms with Gasteiger partial charge in [0.15, 0.2) is 0 Å². The molecule has 12 nitrogen and oxygen atoms in total. The molecule has 1 aromatic rings. The molecule has 6 N–H and O–H groups in total. The normalized spacial score (nSPS) is 12.9. The summed E-state index contributed by atoms with van der Waals surface area (Å²) >= 11 is 0. The van der Waals surface area contributed by atoms with Gasteiger partial charge in [-0.05, 0) is 66.5 Å². The largest absolute Gasteiger partial charge is 0.445 e. The quantitative estimate of drug-likeness (QED) is 0.118. The molecule has 0 spiro atoms. The highest BCUT2D eigenvalue weighted by molar-refractivity contribution is 5.98. The maximum absolute atomic E-state index is 13.4. The Hall–Kier alpha value is -3.83. The molecule has 0 aliphatic rings. The van der Waals surface area contributed by atoms with Crippen LogP contribution in [0.15, 0.2) is 24.3 Å². The Balaban J connectivity index is 2.82. The summed E-state index contributed by atoms with van der Waals surface area (Å²) in [6.45, 7) is 17.5. The molecule has 1 rings (SSSR count). The minimum absolute atomic E-state index is 0.0810. The van der Waals surface area contributed by atoms with E-state index in [1.54, 1.807) is 36.2 Å². The minimum Gasteiger partial charge on any atom is -0.445 e. The van der Waals surface area contributed by atoms with Crippen LogP contribution in [0.5, 0.6) is 0 Å². The Morgan fingerprint density at radius 3 is 2.02 bits per heavy atom. The van der Waals surface area contributed by atoms with Crippen molar-refractivity contribution in [1.29, 1.82) is 0 Å². The molecule has 0 heterocycles. The Bertz CT molecular complexity index is 1170. The highest BCUT2D eigenvalue weighted by Gasteiger charge is 2.29. The number of urea groups is 1. The first-order valence-corrected chi connectivity index (χ1v) is 17.2. The second kappa shape index (κ2) is 20.5. The number of nitrogens with zero attached hydrogens (tertiary/aromatic N) is 1. The molecular weight excluding hydrogens is 612 g/mol. The molecule has 0 aliphatic heterocycles. The predicted molar refractivity (Wildman–Crippen MR) is 190 cm³/mol. The average molecular weight is 675 g/mol. The molecular formula is C36H62N6O6. The SMILES string of the molecule is CC(C)[C@H](NC(=O)CCCCCC(C)(C)C)C(=O)N[C@@H](CCCNC(N)=O)C(=O)Nc1ccc(COC(=O)N(C)CCC(C)(C)C)cc1. The van der Waals surface area contributed by atoms with Gasteiger partial charge in [0.25, 0.3) is 0 Å². The van der Waals surface area contributed by atoms with Crippen molar-refractivity contribution in [2.24, 2.45) is 22.5 Å². The summed E-state index contributed by atoms with van der Waals surface area (Å²) in [6, 6.07) is 4.44. The van der Waals surface area contributed by atoms with Crippen LogP contribution in [0.3, 0.4) is 0 Å².